The van der Waals surface area contributed by atoms with Gasteiger partial charge in [-0.25, -0.2) is 4.79 Å². The van der Waals surface area contributed by atoms with Crippen molar-refractivity contribution < 1.29 is 31.6 Å². The van der Waals surface area contributed by atoms with E-state index in [-0.39, 0.29) is 25.9 Å². The van der Waals surface area contributed by atoms with E-state index >= 15 is 0 Å². The van der Waals surface area contributed by atoms with Gasteiger partial charge in [0.15, 0.2) is 0 Å². The van der Waals surface area contributed by atoms with Crippen LogP contribution < -0.4 is 16.6 Å². The first-order chi connectivity index (χ1) is 11.5. The standard InChI is InChI=1S/C12H21N5O7S/c1-12(2,6-13)10(19)15-14-9(18)8-4-3-7-5-16(8)11(20)17(7)24-25(21,22)23/h7-8H,3-6,13H2,1-2H3,(H,14,18)(H,15,19)(H,21,22,23)/t7-,8?/m1/s1. The Hall–Kier alpha value is -1.96. The van der Waals surface area contributed by atoms with Gasteiger partial charge in [0, 0.05) is 13.1 Å². The van der Waals surface area contributed by atoms with E-state index in [0.29, 0.717) is 5.06 Å². The van der Waals surface area contributed by atoms with Crippen molar-refractivity contribution in [3.05, 3.63) is 0 Å². The Balaban J connectivity index is 1.99. The molecule has 4 amide bonds. The van der Waals surface area contributed by atoms with Gasteiger partial charge in [0.25, 0.3) is 5.91 Å². The highest BCUT2D eigenvalue weighted by Crippen LogP contribution is 2.30. The molecule has 0 aliphatic carbocycles. The SMILES string of the molecule is CC(C)(CN)C(=O)NNC(=O)C1CC[C@@H]2CN1C(=O)N2OS(=O)(=O)O. The molecule has 2 atom stereocenters. The first-order valence-electron chi connectivity index (χ1n) is 7.53. The van der Waals surface area contributed by atoms with E-state index < -0.39 is 45.7 Å². The zero-order chi connectivity index (χ0) is 19.0. The minimum absolute atomic E-state index is 0.0642. The maximum Gasteiger partial charge on any atom is 0.418 e. The normalized spacial score (nSPS) is 23.6. The van der Waals surface area contributed by atoms with Gasteiger partial charge < -0.3 is 10.6 Å². The highest BCUT2D eigenvalue weighted by atomic mass is 32.3. The summed E-state index contributed by atoms with van der Waals surface area (Å²) in [5, 5.41) is 0.540. The topological polar surface area (TPSA) is 171 Å². The van der Waals surface area contributed by atoms with Crippen molar-refractivity contribution in [2.45, 2.75) is 38.8 Å². The van der Waals surface area contributed by atoms with E-state index in [2.05, 4.69) is 15.1 Å². The molecule has 2 aliphatic heterocycles. The fourth-order valence-electron chi connectivity index (χ4n) is 2.57. The second-order valence-corrected chi connectivity index (χ2v) is 7.55. The lowest BCUT2D eigenvalue weighted by Crippen LogP contribution is -2.56. The number of hydroxylamine groups is 2. The summed E-state index contributed by atoms with van der Waals surface area (Å²) in [6.07, 6.45) is 0.530. The van der Waals surface area contributed by atoms with Crippen LogP contribution in [-0.4, -0.2) is 66.0 Å². The molecule has 0 aromatic carbocycles. The lowest BCUT2D eigenvalue weighted by Gasteiger charge is -2.29. The van der Waals surface area contributed by atoms with E-state index in [1.165, 1.54) is 0 Å². The summed E-state index contributed by atoms with van der Waals surface area (Å²) in [4.78, 5) is 37.5. The summed E-state index contributed by atoms with van der Waals surface area (Å²) >= 11 is 0. The zero-order valence-corrected chi connectivity index (χ0v) is 14.6. The van der Waals surface area contributed by atoms with Crippen LogP contribution in [0.3, 0.4) is 0 Å². The number of piperidine rings is 1. The maximum absolute atomic E-state index is 12.3. The second-order valence-electron chi connectivity index (χ2n) is 6.54. The molecule has 2 aliphatic rings. The number of urea groups is 1. The van der Waals surface area contributed by atoms with Crippen LogP contribution in [0.15, 0.2) is 0 Å². The lowest BCUT2D eigenvalue weighted by molar-refractivity contribution is -0.135. The lowest BCUT2D eigenvalue weighted by atomic mass is 9.93. The molecule has 0 aromatic rings. The monoisotopic (exact) mass is 379 g/mol. The zero-order valence-electron chi connectivity index (χ0n) is 13.8. The number of nitrogens with zero attached hydrogens (tertiary/aromatic N) is 2. The maximum atomic E-state index is 12.3. The number of hydrazine groups is 1. The molecule has 2 heterocycles. The number of hydrogen-bond acceptors (Lipinski definition) is 7. The molecule has 25 heavy (non-hydrogen) atoms. The average Bonchev–Trinajstić information content (AvgIpc) is 2.76. The Kier molecular flexibility index (Phi) is 5.22. The largest absolute Gasteiger partial charge is 0.418 e. The van der Waals surface area contributed by atoms with E-state index in [1.807, 2.05) is 0 Å². The van der Waals surface area contributed by atoms with E-state index in [4.69, 9.17) is 10.3 Å². The summed E-state index contributed by atoms with van der Waals surface area (Å²) in [6, 6.07) is -2.35. The molecule has 0 spiro atoms. The predicted molar refractivity (Wildman–Crippen MR) is 82.5 cm³/mol. The Morgan fingerprint density at radius 1 is 1.36 bits per heavy atom. The van der Waals surface area contributed by atoms with Crippen LogP contribution in [0.4, 0.5) is 4.79 Å². The highest BCUT2D eigenvalue weighted by Gasteiger charge is 2.49. The Morgan fingerprint density at radius 3 is 2.56 bits per heavy atom. The van der Waals surface area contributed by atoms with Crippen LogP contribution in [0.2, 0.25) is 0 Å². The van der Waals surface area contributed by atoms with Crippen LogP contribution in [0, 0.1) is 5.41 Å². The number of amides is 4. The molecule has 12 nitrogen and oxygen atoms in total. The molecule has 142 valence electrons. The number of nitrogens with two attached hydrogens (primary N) is 1. The highest BCUT2D eigenvalue weighted by molar-refractivity contribution is 7.80. The molecule has 1 unspecified atom stereocenters. The number of nitrogens with one attached hydrogen (secondary N) is 2. The minimum atomic E-state index is -4.85. The summed E-state index contributed by atoms with van der Waals surface area (Å²) in [5.41, 5.74) is 9.09. The quantitative estimate of drug-likeness (QED) is 0.317. The van der Waals surface area contributed by atoms with Gasteiger partial charge in [0.1, 0.15) is 6.04 Å². The van der Waals surface area contributed by atoms with Gasteiger partial charge in [-0.15, -0.1) is 4.28 Å². The minimum Gasteiger partial charge on any atom is -0.329 e. The van der Waals surface area contributed by atoms with Crippen molar-refractivity contribution in [2.24, 2.45) is 11.1 Å². The molecule has 0 aromatic heterocycles. The van der Waals surface area contributed by atoms with Crippen molar-refractivity contribution in [3.8, 4) is 0 Å². The summed E-state index contributed by atoms with van der Waals surface area (Å²) in [6.45, 7) is 3.35. The first kappa shape index (κ1) is 19.4. The van der Waals surface area contributed by atoms with Crippen LogP contribution >= 0.6 is 0 Å². The van der Waals surface area contributed by atoms with Crippen molar-refractivity contribution >= 4 is 28.2 Å². The molecular weight excluding hydrogens is 358 g/mol. The molecule has 2 rings (SSSR count). The number of rotatable bonds is 5. The average molecular weight is 379 g/mol. The van der Waals surface area contributed by atoms with Crippen molar-refractivity contribution in [2.75, 3.05) is 13.1 Å². The van der Waals surface area contributed by atoms with Gasteiger partial charge in [-0.05, 0) is 26.7 Å². The summed E-state index contributed by atoms with van der Waals surface area (Å²) in [5.74, 6) is -1.11. The van der Waals surface area contributed by atoms with Crippen LogP contribution in [0.1, 0.15) is 26.7 Å². The third-order valence-corrected chi connectivity index (χ3v) is 4.57. The molecule has 2 saturated heterocycles. The van der Waals surface area contributed by atoms with Crippen LogP contribution in [0.5, 0.6) is 0 Å². The third-order valence-electron chi connectivity index (χ3n) is 4.22. The van der Waals surface area contributed by atoms with Gasteiger partial charge in [0.2, 0.25) is 5.91 Å². The smallest absolute Gasteiger partial charge is 0.329 e. The Morgan fingerprint density at radius 2 is 2.00 bits per heavy atom. The van der Waals surface area contributed by atoms with Crippen molar-refractivity contribution in [3.63, 3.8) is 0 Å². The van der Waals surface area contributed by atoms with Crippen molar-refractivity contribution in [1.29, 1.82) is 0 Å². The molecular formula is C12H21N5O7S. The van der Waals surface area contributed by atoms with Gasteiger partial charge >= 0.3 is 16.4 Å². The summed E-state index contributed by atoms with van der Waals surface area (Å²) in [7, 11) is -4.85. The molecule has 5 N–H and O–H groups in total. The van der Waals surface area contributed by atoms with Gasteiger partial charge in [-0.2, -0.15) is 13.5 Å². The number of carbonyl (C=O) groups excluding carboxylic acids is 3. The molecule has 13 heteroatoms. The van der Waals surface area contributed by atoms with E-state index in [9.17, 15) is 22.8 Å². The predicted octanol–water partition coefficient (Wildman–Crippen LogP) is -1.88. The second kappa shape index (κ2) is 6.74. The van der Waals surface area contributed by atoms with Gasteiger partial charge in [-0.3, -0.25) is 25.0 Å². The van der Waals surface area contributed by atoms with Crippen molar-refractivity contribution in [1.82, 2.24) is 20.8 Å². The summed E-state index contributed by atoms with van der Waals surface area (Å²) < 4.78 is 34.6. The number of hydrogen-bond donors (Lipinski definition) is 4. The van der Waals surface area contributed by atoms with E-state index in [0.717, 1.165) is 4.90 Å². The van der Waals surface area contributed by atoms with Gasteiger partial charge in [0.05, 0.1) is 11.5 Å². The Labute approximate surface area is 144 Å². The van der Waals surface area contributed by atoms with Crippen LogP contribution in [0.25, 0.3) is 0 Å². The van der Waals surface area contributed by atoms with Crippen LogP contribution in [-0.2, 0) is 24.3 Å². The number of fused-ring (bicyclic) bond motifs is 2. The number of carbonyl (C=O) groups is 3. The third kappa shape index (κ3) is 4.18. The van der Waals surface area contributed by atoms with E-state index in [1.54, 1.807) is 13.8 Å². The molecule has 0 saturated carbocycles. The molecule has 2 fully saturated rings. The van der Waals surface area contributed by atoms with Gasteiger partial charge in [-0.1, -0.05) is 0 Å². The Bertz CT molecular complexity index is 679. The fraction of sp³-hybridized carbons (Fsp3) is 0.750. The first-order valence-corrected chi connectivity index (χ1v) is 8.90. The molecule has 2 bridgehead atoms. The molecule has 0 radical (unpaired) electrons. The fourth-order valence-corrected chi connectivity index (χ4v) is 2.96.